The van der Waals surface area contributed by atoms with E-state index >= 15 is 0 Å². The van der Waals surface area contributed by atoms with Gasteiger partial charge in [0.1, 0.15) is 11.6 Å². The first-order valence-electron chi connectivity index (χ1n) is 8.97. The van der Waals surface area contributed by atoms with Crippen LogP contribution in [0.3, 0.4) is 0 Å². The first-order valence-corrected chi connectivity index (χ1v) is 8.97. The summed E-state index contributed by atoms with van der Waals surface area (Å²) >= 11 is 0. The van der Waals surface area contributed by atoms with Gasteiger partial charge in [0.2, 0.25) is 0 Å². The second-order valence-electron chi connectivity index (χ2n) is 6.70. The summed E-state index contributed by atoms with van der Waals surface area (Å²) in [6.45, 7) is 0.706. The molecule has 5 aromatic rings. The van der Waals surface area contributed by atoms with E-state index in [-0.39, 0.29) is 5.82 Å². The molecule has 0 saturated carbocycles. The van der Waals surface area contributed by atoms with Crippen LogP contribution in [-0.4, -0.2) is 9.55 Å². The second-order valence-corrected chi connectivity index (χ2v) is 6.70. The molecule has 0 aliphatic rings. The Hall–Kier alpha value is -3.46. The van der Waals surface area contributed by atoms with Gasteiger partial charge in [-0.1, -0.05) is 48.5 Å². The topological polar surface area (TPSA) is 17.8 Å². The van der Waals surface area contributed by atoms with Gasteiger partial charge in [0.15, 0.2) is 0 Å². The maximum atomic E-state index is 13.4. The average Bonchev–Trinajstić information content (AvgIpc) is 3.07. The maximum Gasteiger partial charge on any atom is 0.141 e. The van der Waals surface area contributed by atoms with Crippen molar-refractivity contribution in [3.8, 4) is 11.4 Å². The molecule has 0 N–H and O–H groups in total. The standard InChI is InChI=1S/C24H17FN2/c25-21-13-11-19(12-14-21)24-26-22-7-3-4-8-23(22)27(24)16-17-9-10-18-5-1-2-6-20(18)15-17/h1-15H,16H2. The minimum Gasteiger partial charge on any atom is -0.319 e. The first-order chi connectivity index (χ1) is 13.3. The van der Waals surface area contributed by atoms with E-state index in [0.717, 1.165) is 22.4 Å². The van der Waals surface area contributed by atoms with E-state index in [2.05, 4.69) is 53.1 Å². The predicted octanol–water partition coefficient (Wildman–Crippen LogP) is 6.04. The highest BCUT2D eigenvalue weighted by Gasteiger charge is 2.13. The molecule has 0 bridgehead atoms. The second kappa shape index (κ2) is 6.36. The summed E-state index contributed by atoms with van der Waals surface area (Å²) in [5.74, 6) is 0.611. The maximum absolute atomic E-state index is 13.4. The molecule has 0 aliphatic heterocycles. The molecular weight excluding hydrogens is 335 g/mol. The van der Waals surface area contributed by atoms with Crippen molar-refractivity contribution in [3.63, 3.8) is 0 Å². The summed E-state index contributed by atoms with van der Waals surface area (Å²) in [6.07, 6.45) is 0. The Morgan fingerprint density at radius 3 is 2.33 bits per heavy atom. The van der Waals surface area contributed by atoms with Crippen molar-refractivity contribution in [1.82, 2.24) is 9.55 Å². The van der Waals surface area contributed by atoms with E-state index in [1.54, 1.807) is 12.1 Å². The quantitative estimate of drug-likeness (QED) is 0.387. The van der Waals surface area contributed by atoms with Crippen LogP contribution in [0.4, 0.5) is 4.39 Å². The summed E-state index contributed by atoms with van der Waals surface area (Å²) < 4.78 is 15.6. The summed E-state index contributed by atoms with van der Waals surface area (Å²) in [5, 5.41) is 2.46. The van der Waals surface area contributed by atoms with Gasteiger partial charge in [0, 0.05) is 12.1 Å². The van der Waals surface area contributed by atoms with Gasteiger partial charge in [-0.3, -0.25) is 0 Å². The van der Waals surface area contributed by atoms with Crippen LogP contribution in [-0.2, 0) is 6.54 Å². The Kier molecular flexibility index (Phi) is 3.72. The molecule has 0 aliphatic carbocycles. The molecule has 27 heavy (non-hydrogen) atoms. The number of fused-ring (bicyclic) bond motifs is 2. The van der Waals surface area contributed by atoms with Crippen LogP contribution in [0.1, 0.15) is 5.56 Å². The Bertz CT molecular complexity index is 1250. The molecule has 4 aromatic carbocycles. The van der Waals surface area contributed by atoms with Gasteiger partial charge in [0.05, 0.1) is 11.0 Å². The molecule has 0 spiro atoms. The molecule has 0 amide bonds. The van der Waals surface area contributed by atoms with Crippen molar-refractivity contribution in [2.75, 3.05) is 0 Å². The van der Waals surface area contributed by atoms with Crippen molar-refractivity contribution in [1.29, 1.82) is 0 Å². The van der Waals surface area contributed by atoms with Crippen LogP contribution in [0, 0.1) is 5.82 Å². The Morgan fingerprint density at radius 2 is 1.48 bits per heavy atom. The van der Waals surface area contributed by atoms with Crippen molar-refractivity contribution < 1.29 is 4.39 Å². The molecular formula is C24H17FN2. The highest BCUT2D eigenvalue weighted by atomic mass is 19.1. The van der Waals surface area contributed by atoms with Gasteiger partial charge in [-0.15, -0.1) is 0 Å². The monoisotopic (exact) mass is 352 g/mol. The molecule has 0 atom stereocenters. The van der Waals surface area contributed by atoms with Crippen molar-refractivity contribution in [3.05, 3.63) is 102 Å². The van der Waals surface area contributed by atoms with Gasteiger partial charge in [0.25, 0.3) is 0 Å². The largest absolute Gasteiger partial charge is 0.319 e. The van der Waals surface area contributed by atoms with Crippen LogP contribution in [0.2, 0.25) is 0 Å². The van der Waals surface area contributed by atoms with Crippen molar-refractivity contribution in [2.24, 2.45) is 0 Å². The van der Waals surface area contributed by atoms with E-state index in [4.69, 9.17) is 4.98 Å². The van der Waals surface area contributed by atoms with Crippen LogP contribution in [0.5, 0.6) is 0 Å². The number of nitrogens with zero attached hydrogens (tertiary/aromatic N) is 2. The van der Waals surface area contributed by atoms with Gasteiger partial charge >= 0.3 is 0 Å². The van der Waals surface area contributed by atoms with E-state index < -0.39 is 0 Å². The molecule has 5 rings (SSSR count). The third kappa shape index (κ3) is 2.87. The van der Waals surface area contributed by atoms with E-state index in [9.17, 15) is 4.39 Å². The lowest BCUT2D eigenvalue weighted by molar-refractivity contribution is 0.628. The SMILES string of the molecule is Fc1ccc(-c2nc3ccccc3n2Cc2ccc3ccccc3c2)cc1. The molecule has 2 nitrogen and oxygen atoms in total. The number of benzene rings is 4. The number of imidazole rings is 1. The third-order valence-electron chi connectivity index (χ3n) is 4.91. The fourth-order valence-corrected chi connectivity index (χ4v) is 3.57. The zero-order chi connectivity index (χ0) is 18.2. The first kappa shape index (κ1) is 15.8. The smallest absolute Gasteiger partial charge is 0.141 e. The van der Waals surface area contributed by atoms with Gasteiger partial charge in [-0.05, 0) is 58.8 Å². The molecule has 0 radical (unpaired) electrons. The number of aromatic nitrogens is 2. The minimum atomic E-state index is -0.240. The lowest BCUT2D eigenvalue weighted by atomic mass is 10.1. The fraction of sp³-hybridized carbons (Fsp3) is 0.0417. The zero-order valence-electron chi connectivity index (χ0n) is 14.6. The number of hydrogen-bond acceptors (Lipinski definition) is 1. The zero-order valence-corrected chi connectivity index (χ0v) is 14.6. The van der Waals surface area contributed by atoms with E-state index in [1.807, 2.05) is 18.2 Å². The van der Waals surface area contributed by atoms with Gasteiger partial charge in [-0.2, -0.15) is 0 Å². The van der Waals surface area contributed by atoms with Crippen LogP contribution < -0.4 is 0 Å². The summed E-state index contributed by atoms with van der Waals surface area (Å²) in [4.78, 5) is 4.81. The fourth-order valence-electron chi connectivity index (χ4n) is 3.57. The molecule has 0 saturated heterocycles. The molecule has 0 fully saturated rings. The summed E-state index contributed by atoms with van der Waals surface area (Å²) in [6, 6.07) is 29.5. The summed E-state index contributed by atoms with van der Waals surface area (Å²) in [5.41, 5.74) is 4.14. The molecule has 0 unspecified atom stereocenters. The minimum absolute atomic E-state index is 0.240. The molecule has 1 heterocycles. The van der Waals surface area contributed by atoms with Crippen molar-refractivity contribution >= 4 is 21.8 Å². The predicted molar refractivity (Wildman–Crippen MR) is 108 cm³/mol. The van der Waals surface area contributed by atoms with Crippen LogP contribution in [0.25, 0.3) is 33.2 Å². The molecule has 130 valence electrons. The highest BCUT2D eigenvalue weighted by molar-refractivity contribution is 5.83. The lowest BCUT2D eigenvalue weighted by Gasteiger charge is -2.11. The number of hydrogen-bond donors (Lipinski definition) is 0. The van der Waals surface area contributed by atoms with Crippen LogP contribution in [0.15, 0.2) is 91.0 Å². The highest BCUT2D eigenvalue weighted by Crippen LogP contribution is 2.27. The van der Waals surface area contributed by atoms with Crippen molar-refractivity contribution in [2.45, 2.75) is 6.54 Å². The molecule has 3 heteroatoms. The lowest BCUT2D eigenvalue weighted by Crippen LogP contribution is -2.02. The Balaban J connectivity index is 1.66. The van der Waals surface area contributed by atoms with E-state index in [0.29, 0.717) is 6.54 Å². The number of para-hydroxylation sites is 2. The van der Waals surface area contributed by atoms with Crippen LogP contribution >= 0.6 is 0 Å². The number of rotatable bonds is 3. The Morgan fingerprint density at radius 1 is 0.741 bits per heavy atom. The average molecular weight is 352 g/mol. The third-order valence-corrected chi connectivity index (χ3v) is 4.91. The molecule has 1 aromatic heterocycles. The van der Waals surface area contributed by atoms with Gasteiger partial charge < -0.3 is 4.57 Å². The number of halogens is 1. The normalized spacial score (nSPS) is 11.3. The van der Waals surface area contributed by atoms with Gasteiger partial charge in [-0.25, -0.2) is 9.37 Å². The summed E-state index contributed by atoms with van der Waals surface area (Å²) in [7, 11) is 0. The Labute approximate surface area is 156 Å². The van der Waals surface area contributed by atoms with E-state index in [1.165, 1.54) is 28.5 Å².